The third-order valence-electron chi connectivity index (χ3n) is 3.44. The number of amides is 2. The molecule has 0 saturated carbocycles. The maximum Gasteiger partial charge on any atom is 0.251 e. The number of primary amides is 1. The predicted octanol–water partition coefficient (Wildman–Crippen LogP) is 2.37. The van der Waals surface area contributed by atoms with Crippen molar-refractivity contribution in [2.24, 2.45) is 5.73 Å². The van der Waals surface area contributed by atoms with E-state index in [4.69, 9.17) is 5.73 Å². The van der Waals surface area contributed by atoms with Crippen LogP contribution in [0.4, 0.5) is 0 Å². The minimum absolute atomic E-state index is 0.139. The number of phenols is 1. The van der Waals surface area contributed by atoms with Gasteiger partial charge in [-0.1, -0.05) is 31.2 Å². The van der Waals surface area contributed by atoms with E-state index in [9.17, 15) is 14.7 Å². The predicted molar refractivity (Wildman–Crippen MR) is 83.6 cm³/mol. The molecule has 1 atom stereocenters. The van der Waals surface area contributed by atoms with Gasteiger partial charge in [0.1, 0.15) is 5.75 Å². The van der Waals surface area contributed by atoms with Crippen LogP contribution in [-0.2, 0) is 0 Å². The topological polar surface area (TPSA) is 92.4 Å². The van der Waals surface area contributed by atoms with Gasteiger partial charge in [-0.05, 0) is 30.7 Å². The van der Waals surface area contributed by atoms with Crippen molar-refractivity contribution < 1.29 is 14.7 Å². The summed E-state index contributed by atoms with van der Waals surface area (Å²) in [5.41, 5.74) is 6.51. The van der Waals surface area contributed by atoms with Gasteiger partial charge in [-0.25, -0.2) is 0 Å². The lowest BCUT2D eigenvalue weighted by Gasteiger charge is -2.18. The lowest BCUT2D eigenvalue weighted by atomic mass is 10.0. The Bertz CT molecular complexity index is 698. The smallest absolute Gasteiger partial charge is 0.251 e. The van der Waals surface area contributed by atoms with E-state index in [1.165, 1.54) is 6.07 Å². The average Bonchev–Trinajstić information content (AvgIpc) is 2.53. The van der Waals surface area contributed by atoms with Gasteiger partial charge in [-0.3, -0.25) is 9.59 Å². The van der Waals surface area contributed by atoms with Crippen LogP contribution in [0.5, 0.6) is 5.75 Å². The molecule has 0 aliphatic rings. The molecule has 0 aromatic heterocycles. The molecule has 2 amide bonds. The minimum Gasteiger partial charge on any atom is -0.508 e. The van der Waals surface area contributed by atoms with Crippen molar-refractivity contribution in [3.8, 4) is 5.75 Å². The largest absolute Gasteiger partial charge is 0.508 e. The van der Waals surface area contributed by atoms with E-state index in [1.54, 1.807) is 42.5 Å². The Kier molecular flexibility index (Phi) is 4.78. The third kappa shape index (κ3) is 3.44. The van der Waals surface area contributed by atoms with E-state index in [0.717, 1.165) is 0 Å². The van der Waals surface area contributed by atoms with Crippen molar-refractivity contribution in [1.29, 1.82) is 0 Å². The fraction of sp³-hybridized carbons (Fsp3) is 0.176. The van der Waals surface area contributed by atoms with Crippen LogP contribution < -0.4 is 11.1 Å². The number of phenolic OH excluding ortho intramolecular Hbond substituents is 1. The van der Waals surface area contributed by atoms with E-state index in [2.05, 4.69) is 5.32 Å². The van der Waals surface area contributed by atoms with Gasteiger partial charge in [0.2, 0.25) is 5.91 Å². The Morgan fingerprint density at radius 1 is 1.14 bits per heavy atom. The van der Waals surface area contributed by atoms with Gasteiger partial charge < -0.3 is 16.2 Å². The molecular formula is C17H18N2O3. The van der Waals surface area contributed by atoms with Gasteiger partial charge in [0.25, 0.3) is 5.91 Å². The number of rotatable bonds is 5. The van der Waals surface area contributed by atoms with Crippen LogP contribution in [0.3, 0.4) is 0 Å². The first-order valence-electron chi connectivity index (χ1n) is 7.01. The number of hydrogen-bond donors (Lipinski definition) is 3. The molecule has 0 fully saturated rings. The highest BCUT2D eigenvalue weighted by Gasteiger charge is 2.17. The number of benzene rings is 2. The zero-order valence-electron chi connectivity index (χ0n) is 12.2. The Morgan fingerprint density at radius 3 is 2.45 bits per heavy atom. The highest BCUT2D eigenvalue weighted by atomic mass is 16.3. The molecule has 0 saturated heterocycles. The molecule has 0 spiro atoms. The van der Waals surface area contributed by atoms with Crippen LogP contribution in [0.1, 0.15) is 45.7 Å². The Morgan fingerprint density at radius 2 is 1.82 bits per heavy atom. The van der Waals surface area contributed by atoms with Crippen LogP contribution in [0, 0.1) is 0 Å². The number of nitrogens with one attached hydrogen (secondary N) is 1. The maximum atomic E-state index is 12.3. The van der Waals surface area contributed by atoms with Crippen molar-refractivity contribution in [2.45, 2.75) is 19.4 Å². The normalized spacial score (nSPS) is 11.7. The van der Waals surface area contributed by atoms with Crippen LogP contribution in [0.2, 0.25) is 0 Å². The lowest BCUT2D eigenvalue weighted by Crippen LogP contribution is -2.28. The van der Waals surface area contributed by atoms with E-state index in [1.807, 2.05) is 6.92 Å². The summed E-state index contributed by atoms with van der Waals surface area (Å²) in [7, 11) is 0. The molecule has 4 N–H and O–H groups in total. The fourth-order valence-corrected chi connectivity index (χ4v) is 2.24. The Labute approximate surface area is 128 Å². The van der Waals surface area contributed by atoms with Gasteiger partial charge >= 0.3 is 0 Å². The monoisotopic (exact) mass is 298 g/mol. The number of carbonyl (C=O) groups excluding carboxylic acids is 2. The second-order valence-electron chi connectivity index (χ2n) is 4.94. The van der Waals surface area contributed by atoms with Crippen LogP contribution in [0.15, 0.2) is 48.5 Å². The number of aromatic hydroxyl groups is 1. The zero-order chi connectivity index (χ0) is 16.1. The summed E-state index contributed by atoms with van der Waals surface area (Å²) in [5, 5.41) is 12.8. The lowest BCUT2D eigenvalue weighted by molar-refractivity contribution is 0.0935. The van der Waals surface area contributed by atoms with Crippen molar-refractivity contribution in [2.75, 3.05) is 0 Å². The highest BCUT2D eigenvalue weighted by Crippen LogP contribution is 2.26. The molecule has 0 aliphatic heterocycles. The molecule has 0 heterocycles. The Balaban J connectivity index is 2.21. The van der Waals surface area contributed by atoms with E-state index < -0.39 is 5.91 Å². The van der Waals surface area contributed by atoms with Gasteiger partial charge in [-0.15, -0.1) is 0 Å². The summed E-state index contributed by atoms with van der Waals surface area (Å²) in [4.78, 5) is 23.5. The summed E-state index contributed by atoms with van der Waals surface area (Å²) < 4.78 is 0. The molecule has 5 nitrogen and oxygen atoms in total. The Hall–Kier alpha value is -2.82. The molecule has 2 aromatic carbocycles. The molecule has 0 unspecified atom stereocenters. The summed E-state index contributed by atoms with van der Waals surface area (Å²) in [6, 6.07) is 12.8. The molecule has 0 radical (unpaired) electrons. The summed E-state index contributed by atoms with van der Waals surface area (Å²) >= 11 is 0. The van der Waals surface area contributed by atoms with Crippen LogP contribution >= 0.6 is 0 Å². The molecule has 2 aromatic rings. The van der Waals surface area contributed by atoms with Gasteiger partial charge in [0.15, 0.2) is 0 Å². The first-order valence-corrected chi connectivity index (χ1v) is 7.01. The molecular weight excluding hydrogens is 280 g/mol. The first-order chi connectivity index (χ1) is 10.5. The fourth-order valence-electron chi connectivity index (χ4n) is 2.24. The van der Waals surface area contributed by atoms with Crippen molar-refractivity contribution in [3.63, 3.8) is 0 Å². The molecule has 22 heavy (non-hydrogen) atoms. The van der Waals surface area contributed by atoms with Crippen LogP contribution in [0.25, 0.3) is 0 Å². The van der Waals surface area contributed by atoms with E-state index in [0.29, 0.717) is 17.5 Å². The number of nitrogens with two attached hydrogens (primary N) is 1. The molecule has 0 bridgehead atoms. The summed E-state index contributed by atoms with van der Waals surface area (Å²) in [5.74, 6) is -0.763. The van der Waals surface area contributed by atoms with Crippen molar-refractivity contribution in [3.05, 3.63) is 65.2 Å². The highest BCUT2D eigenvalue weighted by molar-refractivity contribution is 5.99. The van der Waals surface area contributed by atoms with Gasteiger partial charge in [0, 0.05) is 16.7 Å². The van der Waals surface area contributed by atoms with Crippen molar-refractivity contribution in [1.82, 2.24) is 5.32 Å². The zero-order valence-corrected chi connectivity index (χ0v) is 12.2. The summed E-state index contributed by atoms with van der Waals surface area (Å²) in [6.45, 7) is 1.91. The minimum atomic E-state index is -0.581. The first kappa shape index (κ1) is 15.6. The van der Waals surface area contributed by atoms with Crippen molar-refractivity contribution >= 4 is 11.8 Å². The summed E-state index contributed by atoms with van der Waals surface area (Å²) in [6.07, 6.45) is 0.624. The van der Waals surface area contributed by atoms with Crippen LogP contribution in [-0.4, -0.2) is 16.9 Å². The molecule has 0 aliphatic carbocycles. The second-order valence-corrected chi connectivity index (χ2v) is 4.94. The standard InChI is InChI=1S/C17H18N2O3/c1-2-14(13-8-3-4-9-15(13)20)19-17(22)12-7-5-6-11(10-12)16(18)21/h3-10,14,20H,2H2,1H3,(H2,18,21)(H,19,22)/t14-/m1/s1. The number of para-hydroxylation sites is 1. The number of hydrogen-bond acceptors (Lipinski definition) is 3. The molecule has 114 valence electrons. The quantitative estimate of drug-likeness (QED) is 0.791. The number of carbonyl (C=O) groups is 2. The SMILES string of the molecule is CC[C@@H](NC(=O)c1cccc(C(N)=O)c1)c1ccccc1O. The van der Waals surface area contributed by atoms with E-state index in [-0.39, 0.29) is 23.3 Å². The average molecular weight is 298 g/mol. The maximum absolute atomic E-state index is 12.3. The third-order valence-corrected chi connectivity index (χ3v) is 3.44. The van der Waals surface area contributed by atoms with Gasteiger partial charge in [0.05, 0.1) is 6.04 Å². The van der Waals surface area contributed by atoms with E-state index >= 15 is 0 Å². The molecule has 2 rings (SSSR count). The second kappa shape index (κ2) is 6.76. The van der Waals surface area contributed by atoms with Gasteiger partial charge in [-0.2, -0.15) is 0 Å². The molecule has 5 heteroatoms.